The molecule has 12 heteroatoms. The Kier molecular flexibility index (Phi) is 10.7. The standard InChI is InChI=1S/C29H32ClN9O2/c30-23-12-8-20(9-13-23)18-35-27-37-28(39-29(38-27)41-19-21-6-2-1-3-7-21)36-24-14-10-22(11-15-24)25(40)33-16-4-5-17-34-26(31)32/h1-3,6-15H,4-5,16-19H2,(H,33,40)(H4,31,32,34)(H2,35,36,37,38,39). The Labute approximate surface area is 243 Å². The number of nitrogens with zero attached hydrogens (tertiary/aromatic N) is 4. The highest BCUT2D eigenvalue weighted by Gasteiger charge is 2.10. The summed E-state index contributed by atoms with van der Waals surface area (Å²) in [5.41, 5.74) is 13.9. The van der Waals surface area contributed by atoms with Crippen LogP contribution >= 0.6 is 11.6 Å². The lowest BCUT2D eigenvalue weighted by atomic mass is 10.2. The maximum absolute atomic E-state index is 12.5. The van der Waals surface area contributed by atoms with Crippen LogP contribution in [-0.4, -0.2) is 39.9 Å². The molecule has 1 heterocycles. The molecule has 0 aliphatic rings. The Balaban J connectivity index is 1.39. The van der Waals surface area contributed by atoms with Gasteiger partial charge < -0.3 is 32.2 Å². The fourth-order valence-electron chi connectivity index (χ4n) is 3.64. The monoisotopic (exact) mass is 573 g/mol. The number of hydrogen-bond donors (Lipinski definition) is 5. The number of halogens is 1. The second-order valence-electron chi connectivity index (χ2n) is 8.99. The van der Waals surface area contributed by atoms with E-state index in [-0.39, 0.29) is 17.9 Å². The van der Waals surface area contributed by atoms with Crippen molar-refractivity contribution in [2.45, 2.75) is 26.0 Å². The van der Waals surface area contributed by atoms with Gasteiger partial charge in [-0.25, -0.2) is 0 Å². The van der Waals surface area contributed by atoms with E-state index in [2.05, 4.69) is 35.9 Å². The summed E-state index contributed by atoms with van der Waals surface area (Å²) in [7, 11) is 0. The molecule has 212 valence electrons. The van der Waals surface area contributed by atoms with Crippen molar-refractivity contribution < 1.29 is 9.53 Å². The quantitative estimate of drug-likeness (QED) is 0.0842. The summed E-state index contributed by atoms with van der Waals surface area (Å²) in [4.78, 5) is 29.7. The molecule has 11 nitrogen and oxygen atoms in total. The highest BCUT2D eigenvalue weighted by molar-refractivity contribution is 6.30. The van der Waals surface area contributed by atoms with Crippen molar-refractivity contribution in [2.75, 3.05) is 23.7 Å². The Morgan fingerprint density at radius 1 is 0.854 bits per heavy atom. The molecule has 4 aromatic rings. The normalized spacial score (nSPS) is 10.5. The summed E-state index contributed by atoms with van der Waals surface area (Å²) in [6.45, 7) is 1.85. The van der Waals surface area contributed by atoms with E-state index < -0.39 is 0 Å². The van der Waals surface area contributed by atoms with Gasteiger partial charge >= 0.3 is 6.01 Å². The number of hydrogen-bond acceptors (Lipinski definition) is 8. The van der Waals surface area contributed by atoms with Crippen molar-refractivity contribution in [2.24, 2.45) is 16.5 Å². The lowest BCUT2D eigenvalue weighted by molar-refractivity contribution is 0.0953. The number of aliphatic imine (C=N–C) groups is 1. The zero-order valence-electron chi connectivity index (χ0n) is 22.4. The molecular formula is C29H32ClN9O2. The number of anilines is 3. The van der Waals surface area contributed by atoms with Crippen molar-refractivity contribution >= 4 is 41.1 Å². The first-order chi connectivity index (χ1) is 19.9. The van der Waals surface area contributed by atoms with Crippen molar-refractivity contribution in [3.05, 3.63) is 101 Å². The van der Waals surface area contributed by atoms with E-state index in [1.807, 2.05) is 54.6 Å². The number of amides is 1. The Morgan fingerprint density at radius 2 is 1.59 bits per heavy atom. The fourth-order valence-corrected chi connectivity index (χ4v) is 3.77. The molecule has 0 radical (unpaired) electrons. The Morgan fingerprint density at radius 3 is 2.32 bits per heavy atom. The largest absolute Gasteiger partial charge is 0.458 e. The van der Waals surface area contributed by atoms with Crippen LogP contribution in [0.5, 0.6) is 6.01 Å². The lowest BCUT2D eigenvalue weighted by Gasteiger charge is -2.12. The zero-order chi connectivity index (χ0) is 28.9. The second kappa shape index (κ2) is 15.0. The number of benzene rings is 3. The molecule has 1 amide bonds. The van der Waals surface area contributed by atoms with Crippen molar-refractivity contribution in [3.8, 4) is 6.01 Å². The molecule has 0 aliphatic carbocycles. The van der Waals surface area contributed by atoms with Gasteiger partial charge in [-0.2, -0.15) is 15.0 Å². The summed E-state index contributed by atoms with van der Waals surface area (Å²) in [6, 6.07) is 24.4. The molecule has 1 aromatic heterocycles. The number of carbonyl (C=O) groups excluding carboxylic acids is 1. The third-order valence-electron chi connectivity index (χ3n) is 5.76. The molecular weight excluding hydrogens is 542 g/mol. The molecule has 0 fully saturated rings. The van der Waals surface area contributed by atoms with Gasteiger partial charge in [0.05, 0.1) is 0 Å². The number of rotatable bonds is 14. The molecule has 0 atom stereocenters. The Bertz CT molecular complexity index is 1430. The van der Waals surface area contributed by atoms with Gasteiger partial charge in [-0.1, -0.05) is 54.1 Å². The molecule has 0 aliphatic heterocycles. The number of nitrogens with one attached hydrogen (secondary N) is 3. The molecule has 41 heavy (non-hydrogen) atoms. The van der Waals surface area contributed by atoms with E-state index in [4.69, 9.17) is 27.8 Å². The molecule has 0 spiro atoms. The first-order valence-electron chi connectivity index (χ1n) is 13.1. The van der Waals surface area contributed by atoms with E-state index in [9.17, 15) is 4.79 Å². The van der Waals surface area contributed by atoms with Crippen molar-refractivity contribution in [1.29, 1.82) is 0 Å². The number of nitrogens with two attached hydrogens (primary N) is 2. The van der Waals surface area contributed by atoms with Crippen LogP contribution < -0.4 is 32.2 Å². The van der Waals surface area contributed by atoms with Crippen molar-refractivity contribution in [3.63, 3.8) is 0 Å². The summed E-state index contributed by atoms with van der Waals surface area (Å²) >= 11 is 6.00. The smallest absolute Gasteiger partial charge is 0.323 e. The first-order valence-corrected chi connectivity index (χ1v) is 13.4. The van der Waals surface area contributed by atoms with E-state index in [0.717, 1.165) is 24.0 Å². The molecule has 0 saturated heterocycles. The summed E-state index contributed by atoms with van der Waals surface area (Å²) in [5.74, 6) is 0.543. The highest BCUT2D eigenvalue weighted by Crippen LogP contribution is 2.19. The van der Waals surface area contributed by atoms with Crippen LogP contribution in [-0.2, 0) is 13.2 Å². The average Bonchev–Trinajstić information content (AvgIpc) is 2.98. The zero-order valence-corrected chi connectivity index (χ0v) is 23.1. The third kappa shape index (κ3) is 9.97. The highest BCUT2D eigenvalue weighted by atomic mass is 35.5. The number of ether oxygens (including phenoxy) is 1. The molecule has 0 bridgehead atoms. The van der Waals surface area contributed by atoms with Gasteiger partial charge in [0.15, 0.2) is 5.96 Å². The van der Waals surface area contributed by atoms with Crippen LogP contribution in [0.3, 0.4) is 0 Å². The van der Waals surface area contributed by atoms with Gasteiger partial charge in [0.25, 0.3) is 5.91 Å². The van der Waals surface area contributed by atoms with E-state index in [1.54, 1.807) is 24.3 Å². The fraction of sp³-hybridized carbons (Fsp3) is 0.207. The summed E-state index contributed by atoms with van der Waals surface area (Å²) in [6.07, 6.45) is 1.55. The van der Waals surface area contributed by atoms with Gasteiger partial charge in [-0.15, -0.1) is 0 Å². The van der Waals surface area contributed by atoms with Gasteiger partial charge in [0.1, 0.15) is 6.61 Å². The minimum Gasteiger partial charge on any atom is -0.458 e. The van der Waals surface area contributed by atoms with Crippen LogP contribution in [0.4, 0.5) is 17.6 Å². The Hall–Kier alpha value is -4.90. The topological polar surface area (TPSA) is 165 Å². The lowest BCUT2D eigenvalue weighted by Crippen LogP contribution is -2.25. The molecule has 4 rings (SSSR count). The maximum Gasteiger partial charge on any atom is 0.323 e. The number of carbonyl (C=O) groups is 1. The van der Waals surface area contributed by atoms with Gasteiger partial charge in [-0.3, -0.25) is 9.79 Å². The number of guanidine groups is 1. The van der Waals surface area contributed by atoms with E-state index >= 15 is 0 Å². The molecule has 0 saturated carbocycles. The van der Waals surface area contributed by atoms with Crippen LogP contribution in [0.2, 0.25) is 5.02 Å². The minimum absolute atomic E-state index is 0.0706. The predicted molar refractivity (Wildman–Crippen MR) is 161 cm³/mol. The van der Waals surface area contributed by atoms with Crippen molar-refractivity contribution in [1.82, 2.24) is 20.3 Å². The summed E-state index contributed by atoms with van der Waals surface area (Å²) < 4.78 is 5.87. The minimum atomic E-state index is -0.163. The predicted octanol–water partition coefficient (Wildman–Crippen LogP) is 4.24. The SMILES string of the molecule is NC(N)=NCCCCNC(=O)c1ccc(Nc2nc(NCc3ccc(Cl)cc3)nc(OCc3ccccc3)n2)cc1. The van der Waals surface area contributed by atoms with Crippen LogP contribution in [0.15, 0.2) is 83.9 Å². The molecule has 3 aromatic carbocycles. The number of aromatic nitrogens is 3. The van der Waals surface area contributed by atoms with Gasteiger partial charge in [0, 0.05) is 35.9 Å². The number of unbranched alkanes of at least 4 members (excludes halogenated alkanes) is 1. The van der Waals surface area contributed by atoms with E-state index in [1.165, 1.54) is 0 Å². The molecule has 0 unspecified atom stereocenters. The average molecular weight is 574 g/mol. The van der Waals surface area contributed by atoms with Gasteiger partial charge in [0.2, 0.25) is 11.9 Å². The van der Waals surface area contributed by atoms with Gasteiger partial charge in [-0.05, 0) is 60.4 Å². The maximum atomic E-state index is 12.5. The van der Waals surface area contributed by atoms with E-state index in [0.29, 0.717) is 54.4 Å². The van der Waals surface area contributed by atoms with Crippen LogP contribution in [0.25, 0.3) is 0 Å². The van der Waals surface area contributed by atoms with Crippen LogP contribution in [0, 0.1) is 0 Å². The third-order valence-corrected chi connectivity index (χ3v) is 6.01. The molecule has 7 N–H and O–H groups in total. The summed E-state index contributed by atoms with van der Waals surface area (Å²) in [5, 5.41) is 9.94. The first kappa shape index (κ1) is 29.1. The van der Waals surface area contributed by atoms with Crippen LogP contribution in [0.1, 0.15) is 34.3 Å². The second-order valence-corrected chi connectivity index (χ2v) is 9.43.